The Labute approximate surface area is 156 Å². The highest BCUT2D eigenvalue weighted by molar-refractivity contribution is 5.77. The Balaban J connectivity index is 3.33. The van der Waals surface area contributed by atoms with E-state index in [1.165, 1.54) is 0 Å². The van der Waals surface area contributed by atoms with Crippen LogP contribution in [0.25, 0.3) is 0 Å². The van der Waals surface area contributed by atoms with Crippen LogP contribution < -0.4 is 5.32 Å². The lowest BCUT2D eigenvalue weighted by molar-refractivity contribution is -0.154. The van der Waals surface area contributed by atoms with Crippen molar-refractivity contribution in [3.8, 4) is 0 Å². The molecule has 1 N–H and O–H groups in total. The van der Waals surface area contributed by atoms with Crippen LogP contribution in [-0.2, 0) is 33.3 Å². The van der Waals surface area contributed by atoms with Crippen molar-refractivity contribution < 1.29 is 33.3 Å². The third-order valence-corrected chi connectivity index (χ3v) is 2.95. The lowest BCUT2D eigenvalue weighted by Gasteiger charge is -2.19. The maximum Gasteiger partial charge on any atom is 0.306 e. The second-order valence-electron chi connectivity index (χ2n) is 6.62. The number of carbonyl (C=O) groups is 2. The van der Waals surface area contributed by atoms with Crippen molar-refractivity contribution in [2.24, 2.45) is 0 Å². The van der Waals surface area contributed by atoms with E-state index in [1.54, 1.807) is 7.11 Å². The van der Waals surface area contributed by atoms with E-state index < -0.39 is 5.60 Å². The summed E-state index contributed by atoms with van der Waals surface area (Å²) in [7, 11) is 1.63. The number of amides is 1. The molecule has 0 fully saturated rings. The summed E-state index contributed by atoms with van der Waals surface area (Å²) in [6.07, 6.45) is 1.01. The Morgan fingerprint density at radius 3 is 1.88 bits per heavy atom. The van der Waals surface area contributed by atoms with Crippen LogP contribution >= 0.6 is 0 Å². The van der Waals surface area contributed by atoms with Crippen LogP contribution in [0.15, 0.2) is 0 Å². The summed E-state index contributed by atoms with van der Waals surface area (Å²) < 4.78 is 26.0. The van der Waals surface area contributed by atoms with Gasteiger partial charge in [-0.25, -0.2) is 0 Å². The summed E-state index contributed by atoms with van der Waals surface area (Å²) in [6.45, 7) is 9.45. The van der Waals surface area contributed by atoms with Gasteiger partial charge in [-0.15, -0.1) is 0 Å². The highest BCUT2D eigenvalue weighted by Crippen LogP contribution is 2.09. The number of carbonyl (C=O) groups excluding carboxylic acids is 2. The van der Waals surface area contributed by atoms with E-state index >= 15 is 0 Å². The van der Waals surface area contributed by atoms with Crippen molar-refractivity contribution in [2.75, 3.05) is 59.9 Å². The first-order valence-corrected chi connectivity index (χ1v) is 9.06. The van der Waals surface area contributed by atoms with Crippen molar-refractivity contribution in [3.63, 3.8) is 0 Å². The summed E-state index contributed by atoms with van der Waals surface area (Å²) >= 11 is 0. The molecule has 1 amide bonds. The average Bonchev–Trinajstić information content (AvgIpc) is 2.54. The van der Waals surface area contributed by atoms with Gasteiger partial charge in [-0.1, -0.05) is 0 Å². The van der Waals surface area contributed by atoms with E-state index in [2.05, 4.69) is 5.32 Å². The lowest BCUT2D eigenvalue weighted by Crippen LogP contribution is -2.28. The standard InChI is InChI=1S/C18H35NO7/c1-18(2,3)26-17(21)7-5-6-16(20)19-8-9-23-12-13-25-15-14-24-11-10-22-4/h5-15H2,1-4H3,(H,19,20). The number of esters is 1. The smallest absolute Gasteiger partial charge is 0.306 e. The molecule has 0 aliphatic carbocycles. The second kappa shape index (κ2) is 16.0. The average molecular weight is 377 g/mol. The number of hydrogen-bond acceptors (Lipinski definition) is 7. The highest BCUT2D eigenvalue weighted by Gasteiger charge is 2.16. The van der Waals surface area contributed by atoms with Crippen molar-refractivity contribution in [2.45, 2.75) is 45.6 Å². The molecule has 8 heteroatoms. The van der Waals surface area contributed by atoms with Crippen LogP contribution in [0.5, 0.6) is 0 Å². The Morgan fingerprint density at radius 2 is 1.35 bits per heavy atom. The first kappa shape index (κ1) is 24.8. The fourth-order valence-electron chi connectivity index (χ4n) is 1.82. The molecule has 0 aromatic carbocycles. The van der Waals surface area contributed by atoms with Gasteiger partial charge in [-0.3, -0.25) is 9.59 Å². The Bertz CT molecular complexity index is 369. The SMILES string of the molecule is COCCOCCOCCOCCNC(=O)CCCC(=O)OC(C)(C)C. The van der Waals surface area contributed by atoms with Crippen LogP contribution in [0.3, 0.4) is 0 Å². The first-order valence-electron chi connectivity index (χ1n) is 9.06. The fraction of sp³-hybridized carbons (Fsp3) is 0.889. The number of methoxy groups -OCH3 is 1. The molecule has 0 aromatic rings. The van der Waals surface area contributed by atoms with E-state index in [0.29, 0.717) is 65.6 Å². The van der Waals surface area contributed by atoms with Gasteiger partial charge in [-0.2, -0.15) is 0 Å². The van der Waals surface area contributed by atoms with Gasteiger partial charge in [0.25, 0.3) is 0 Å². The van der Waals surface area contributed by atoms with Gasteiger partial charge in [0.2, 0.25) is 5.91 Å². The molecule has 0 aliphatic heterocycles. The molecule has 154 valence electrons. The van der Waals surface area contributed by atoms with Gasteiger partial charge >= 0.3 is 5.97 Å². The largest absolute Gasteiger partial charge is 0.460 e. The fourth-order valence-corrected chi connectivity index (χ4v) is 1.82. The molecule has 0 rings (SSSR count). The molecule has 0 saturated carbocycles. The monoisotopic (exact) mass is 377 g/mol. The maximum absolute atomic E-state index is 11.6. The maximum atomic E-state index is 11.6. The highest BCUT2D eigenvalue weighted by atomic mass is 16.6. The first-order chi connectivity index (χ1) is 12.3. The van der Waals surface area contributed by atoms with Crippen molar-refractivity contribution in [3.05, 3.63) is 0 Å². The predicted octanol–water partition coefficient (Wildman–Crippen LogP) is 1.31. The normalized spacial score (nSPS) is 11.4. The molecular weight excluding hydrogens is 342 g/mol. The van der Waals surface area contributed by atoms with Crippen LogP contribution in [0.1, 0.15) is 40.0 Å². The summed E-state index contributed by atoms with van der Waals surface area (Å²) in [6, 6.07) is 0. The minimum Gasteiger partial charge on any atom is -0.460 e. The van der Waals surface area contributed by atoms with Crippen molar-refractivity contribution in [1.29, 1.82) is 0 Å². The zero-order valence-corrected chi connectivity index (χ0v) is 16.6. The Kier molecular flexibility index (Phi) is 15.2. The molecule has 0 atom stereocenters. The van der Waals surface area contributed by atoms with E-state index in [1.807, 2.05) is 20.8 Å². The van der Waals surface area contributed by atoms with Crippen LogP contribution in [0, 0.1) is 0 Å². The van der Waals surface area contributed by atoms with Crippen LogP contribution in [-0.4, -0.2) is 77.4 Å². The number of nitrogens with one attached hydrogen (secondary N) is 1. The molecule has 26 heavy (non-hydrogen) atoms. The van der Waals surface area contributed by atoms with Crippen molar-refractivity contribution in [1.82, 2.24) is 5.32 Å². The topological polar surface area (TPSA) is 92.3 Å². The zero-order chi connectivity index (χ0) is 19.7. The van der Waals surface area contributed by atoms with Crippen LogP contribution in [0.4, 0.5) is 0 Å². The Morgan fingerprint density at radius 1 is 0.808 bits per heavy atom. The molecule has 0 bridgehead atoms. The minimum atomic E-state index is -0.489. The summed E-state index contributed by atoms with van der Waals surface area (Å²) in [4.78, 5) is 23.1. The van der Waals surface area contributed by atoms with E-state index in [9.17, 15) is 9.59 Å². The van der Waals surface area contributed by atoms with E-state index in [-0.39, 0.29) is 18.3 Å². The number of hydrogen-bond donors (Lipinski definition) is 1. The van der Waals surface area contributed by atoms with Gasteiger partial charge in [0.05, 0.1) is 46.2 Å². The molecule has 0 spiro atoms. The molecular formula is C18H35NO7. The molecule has 0 heterocycles. The molecule has 0 saturated heterocycles. The van der Waals surface area contributed by atoms with Gasteiger partial charge in [0, 0.05) is 26.5 Å². The quantitative estimate of drug-likeness (QED) is 0.320. The molecule has 0 aliphatic rings. The zero-order valence-electron chi connectivity index (χ0n) is 16.6. The van der Waals surface area contributed by atoms with Gasteiger partial charge in [0.1, 0.15) is 5.60 Å². The van der Waals surface area contributed by atoms with E-state index in [0.717, 1.165) is 0 Å². The summed E-state index contributed by atoms with van der Waals surface area (Å²) in [5, 5.41) is 2.75. The number of rotatable bonds is 16. The predicted molar refractivity (Wildman–Crippen MR) is 97.0 cm³/mol. The third-order valence-electron chi connectivity index (χ3n) is 2.95. The number of ether oxygens (including phenoxy) is 5. The minimum absolute atomic E-state index is 0.0957. The van der Waals surface area contributed by atoms with E-state index in [4.69, 9.17) is 23.7 Å². The van der Waals surface area contributed by atoms with Gasteiger partial charge < -0.3 is 29.0 Å². The molecule has 0 radical (unpaired) electrons. The molecule has 0 unspecified atom stereocenters. The van der Waals surface area contributed by atoms with Gasteiger partial charge in [0.15, 0.2) is 0 Å². The van der Waals surface area contributed by atoms with Crippen molar-refractivity contribution >= 4 is 11.9 Å². The lowest BCUT2D eigenvalue weighted by atomic mass is 10.2. The molecule has 8 nitrogen and oxygen atoms in total. The molecule has 0 aromatic heterocycles. The third kappa shape index (κ3) is 19.1. The van der Waals surface area contributed by atoms with Crippen LogP contribution in [0.2, 0.25) is 0 Å². The summed E-state index contributed by atoms with van der Waals surface area (Å²) in [5.41, 5.74) is -0.489. The van der Waals surface area contributed by atoms with Gasteiger partial charge in [-0.05, 0) is 27.2 Å². The summed E-state index contributed by atoms with van der Waals surface area (Å²) in [5.74, 6) is -0.376. The Hall–Kier alpha value is -1.22. The second-order valence-corrected chi connectivity index (χ2v) is 6.62.